The van der Waals surface area contributed by atoms with Crippen molar-refractivity contribution in [2.75, 3.05) is 51.7 Å². The lowest BCUT2D eigenvalue weighted by molar-refractivity contribution is -0.0255. The van der Waals surface area contributed by atoms with Crippen molar-refractivity contribution in [3.8, 4) is 0 Å². The number of nitrogens with one attached hydrogen (secondary N) is 1. The van der Waals surface area contributed by atoms with E-state index in [4.69, 9.17) is 0 Å². The molecule has 1 aliphatic carbocycles. The number of anilines is 1. The molecule has 0 unspecified atom stereocenters. The summed E-state index contributed by atoms with van der Waals surface area (Å²) in [5.74, 6) is 2.00. The van der Waals surface area contributed by atoms with Crippen molar-refractivity contribution in [2.45, 2.75) is 38.1 Å². The number of nitrogens with zero attached hydrogens (tertiary/aromatic N) is 4. The first kappa shape index (κ1) is 20.1. The molecule has 2 aromatic rings. The molecule has 1 saturated carbocycles. The summed E-state index contributed by atoms with van der Waals surface area (Å²) in [5.41, 5.74) is 0.508. The van der Waals surface area contributed by atoms with E-state index in [1.807, 2.05) is 6.20 Å². The lowest BCUT2D eigenvalue weighted by Crippen LogP contribution is -2.72. The molecule has 0 bridgehead atoms. The topological polar surface area (TPSA) is 51.7 Å². The summed E-state index contributed by atoms with van der Waals surface area (Å²) < 4.78 is 1.34. The van der Waals surface area contributed by atoms with E-state index in [0.717, 1.165) is 31.8 Å². The zero-order valence-electron chi connectivity index (χ0n) is 18.1. The van der Waals surface area contributed by atoms with E-state index in [1.165, 1.54) is 54.8 Å². The van der Waals surface area contributed by atoms with Crippen LogP contribution in [0.4, 0.5) is 10.6 Å². The monoisotopic (exact) mass is 427 g/mol. The molecule has 3 fully saturated rings. The van der Waals surface area contributed by atoms with Crippen LogP contribution in [-0.4, -0.2) is 73.7 Å². The van der Waals surface area contributed by atoms with Crippen molar-refractivity contribution in [1.29, 1.82) is 0 Å². The van der Waals surface area contributed by atoms with E-state index in [1.54, 1.807) is 30.3 Å². The number of urea groups is 1. The van der Waals surface area contributed by atoms with Crippen LogP contribution < -0.4 is 10.2 Å². The van der Waals surface area contributed by atoms with Crippen LogP contribution in [0.15, 0.2) is 23.7 Å². The fourth-order valence-corrected chi connectivity index (χ4v) is 6.35. The van der Waals surface area contributed by atoms with Gasteiger partial charge in [0, 0.05) is 68.0 Å². The second-order valence-electron chi connectivity index (χ2n) is 9.88. The summed E-state index contributed by atoms with van der Waals surface area (Å²) in [7, 11) is 3.61. The molecule has 2 aliphatic heterocycles. The maximum absolute atomic E-state index is 11.8. The lowest BCUT2D eigenvalue weighted by Gasteiger charge is -2.61. The summed E-state index contributed by atoms with van der Waals surface area (Å²) >= 11 is 1.80. The number of amides is 2. The Bertz CT molecular complexity index is 890. The maximum atomic E-state index is 11.8. The highest BCUT2D eigenvalue weighted by Gasteiger charge is 2.52. The van der Waals surface area contributed by atoms with Crippen LogP contribution in [0.5, 0.6) is 0 Å². The normalized spacial score (nSPS) is 25.7. The molecule has 1 N–H and O–H groups in total. The molecule has 2 saturated heterocycles. The van der Waals surface area contributed by atoms with Crippen LogP contribution in [0.1, 0.15) is 32.1 Å². The van der Waals surface area contributed by atoms with E-state index in [0.29, 0.717) is 11.5 Å². The highest BCUT2D eigenvalue weighted by Crippen LogP contribution is 2.43. The molecule has 162 valence electrons. The van der Waals surface area contributed by atoms with Gasteiger partial charge in [0.25, 0.3) is 0 Å². The fourth-order valence-electron chi connectivity index (χ4n) is 5.57. The SMILES string of the molecule is CN(C)C(=O)NC1CCC(CCN2CC3(C2)CN(c2nccc4sccc24)C3)CC1. The molecule has 2 aromatic heterocycles. The number of hydrogen-bond acceptors (Lipinski definition) is 5. The Labute approximate surface area is 183 Å². The van der Waals surface area contributed by atoms with Crippen molar-refractivity contribution in [3.05, 3.63) is 23.7 Å². The number of carbonyl (C=O) groups excluding carboxylic acids is 1. The quantitative estimate of drug-likeness (QED) is 0.792. The summed E-state index contributed by atoms with van der Waals surface area (Å²) in [6.07, 6.45) is 8.02. The molecule has 5 rings (SSSR count). The molecule has 0 atom stereocenters. The van der Waals surface area contributed by atoms with Crippen LogP contribution in [-0.2, 0) is 0 Å². The molecule has 1 spiro atoms. The van der Waals surface area contributed by atoms with E-state index in [-0.39, 0.29) is 6.03 Å². The van der Waals surface area contributed by atoms with E-state index in [2.05, 4.69) is 37.6 Å². The van der Waals surface area contributed by atoms with Gasteiger partial charge in [-0.15, -0.1) is 11.3 Å². The van der Waals surface area contributed by atoms with Gasteiger partial charge in [0.1, 0.15) is 5.82 Å². The fraction of sp³-hybridized carbons (Fsp3) is 0.652. The third-order valence-electron chi connectivity index (χ3n) is 7.26. The predicted octanol–water partition coefficient (Wildman–Crippen LogP) is 3.64. The van der Waals surface area contributed by atoms with Crippen molar-refractivity contribution in [1.82, 2.24) is 20.1 Å². The molecule has 6 nitrogen and oxygen atoms in total. The third-order valence-corrected chi connectivity index (χ3v) is 8.15. The Morgan fingerprint density at radius 2 is 1.97 bits per heavy atom. The lowest BCUT2D eigenvalue weighted by atomic mass is 9.72. The number of hydrogen-bond donors (Lipinski definition) is 1. The Morgan fingerprint density at radius 1 is 1.20 bits per heavy atom. The van der Waals surface area contributed by atoms with Gasteiger partial charge in [-0.3, -0.25) is 0 Å². The molecule has 0 radical (unpaired) electrons. The number of rotatable bonds is 5. The zero-order chi connectivity index (χ0) is 20.7. The smallest absolute Gasteiger partial charge is 0.317 e. The molecule has 30 heavy (non-hydrogen) atoms. The standard InChI is InChI=1S/C23H33N5OS/c1-26(2)22(29)25-18-5-3-17(4-6-18)8-11-27-13-23(14-27)15-28(16-23)21-19-9-12-30-20(19)7-10-24-21/h7,9-10,12,17-18H,3-6,8,11,13-16H2,1-2H3,(H,25,29). The third kappa shape index (κ3) is 3.89. The van der Waals surface area contributed by atoms with Crippen molar-refractivity contribution in [3.63, 3.8) is 0 Å². The first-order valence-electron chi connectivity index (χ1n) is 11.3. The number of carbonyl (C=O) groups is 1. The number of pyridine rings is 1. The molecule has 3 aliphatic rings. The second-order valence-corrected chi connectivity index (χ2v) is 10.8. The molecule has 7 heteroatoms. The Morgan fingerprint density at radius 3 is 2.70 bits per heavy atom. The molecule has 4 heterocycles. The second kappa shape index (κ2) is 8.00. The van der Waals surface area contributed by atoms with Gasteiger partial charge in [-0.2, -0.15) is 0 Å². The van der Waals surface area contributed by atoms with Gasteiger partial charge >= 0.3 is 6.03 Å². The Balaban J connectivity index is 1.02. The van der Waals surface area contributed by atoms with E-state index < -0.39 is 0 Å². The summed E-state index contributed by atoms with van der Waals surface area (Å²) in [5, 5.41) is 6.62. The minimum atomic E-state index is 0.0457. The first-order valence-corrected chi connectivity index (χ1v) is 12.2. The van der Waals surface area contributed by atoms with Crippen LogP contribution >= 0.6 is 11.3 Å². The number of fused-ring (bicyclic) bond motifs is 1. The van der Waals surface area contributed by atoms with E-state index in [9.17, 15) is 4.79 Å². The molecular weight excluding hydrogens is 394 g/mol. The number of likely N-dealkylation sites (tertiary alicyclic amines) is 1. The van der Waals surface area contributed by atoms with Gasteiger partial charge in [-0.25, -0.2) is 9.78 Å². The van der Waals surface area contributed by atoms with E-state index >= 15 is 0 Å². The largest absolute Gasteiger partial charge is 0.355 e. The average molecular weight is 428 g/mol. The number of aromatic nitrogens is 1. The van der Waals surface area contributed by atoms with Crippen LogP contribution in [0, 0.1) is 11.3 Å². The number of thiophene rings is 1. The van der Waals surface area contributed by atoms with Crippen LogP contribution in [0.2, 0.25) is 0 Å². The summed E-state index contributed by atoms with van der Waals surface area (Å²) in [4.78, 5) is 23.2. The molecular formula is C23H33N5OS. The van der Waals surface area contributed by atoms with Gasteiger partial charge in [-0.05, 0) is 62.1 Å². The Hall–Kier alpha value is -1.86. The van der Waals surface area contributed by atoms with Crippen molar-refractivity contribution < 1.29 is 4.79 Å². The van der Waals surface area contributed by atoms with Gasteiger partial charge in [-0.1, -0.05) is 0 Å². The van der Waals surface area contributed by atoms with Gasteiger partial charge in [0.15, 0.2) is 0 Å². The van der Waals surface area contributed by atoms with Gasteiger partial charge in [0.2, 0.25) is 0 Å². The highest BCUT2D eigenvalue weighted by atomic mass is 32.1. The summed E-state index contributed by atoms with van der Waals surface area (Å²) in [6.45, 7) is 6.04. The average Bonchev–Trinajstić information content (AvgIpc) is 3.16. The van der Waals surface area contributed by atoms with Crippen molar-refractivity contribution in [2.24, 2.45) is 11.3 Å². The Kier molecular flexibility index (Phi) is 5.35. The summed E-state index contributed by atoms with van der Waals surface area (Å²) in [6, 6.07) is 4.74. The predicted molar refractivity (Wildman–Crippen MR) is 123 cm³/mol. The van der Waals surface area contributed by atoms with Gasteiger partial charge < -0.3 is 20.0 Å². The first-order chi connectivity index (χ1) is 14.5. The zero-order valence-corrected chi connectivity index (χ0v) is 19.0. The molecule has 2 amide bonds. The minimum Gasteiger partial charge on any atom is -0.355 e. The van der Waals surface area contributed by atoms with Crippen molar-refractivity contribution >= 4 is 33.3 Å². The van der Waals surface area contributed by atoms with Gasteiger partial charge in [0.05, 0.1) is 0 Å². The molecule has 0 aromatic carbocycles. The van der Waals surface area contributed by atoms with Crippen LogP contribution in [0.3, 0.4) is 0 Å². The highest BCUT2D eigenvalue weighted by molar-refractivity contribution is 7.17. The minimum absolute atomic E-state index is 0.0457. The maximum Gasteiger partial charge on any atom is 0.317 e. The van der Waals surface area contributed by atoms with Crippen LogP contribution in [0.25, 0.3) is 10.1 Å².